The van der Waals surface area contributed by atoms with Crippen molar-refractivity contribution in [3.63, 3.8) is 0 Å². The zero-order valence-electron chi connectivity index (χ0n) is 9.24. The van der Waals surface area contributed by atoms with E-state index in [0.717, 1.165) is 12.3 Å². The molecule has 0 N–H and O–H groups in total. The SMILES string of the molecule is COC(CN(C)C(C)CSC)OC. The second kappa shape index (κ2) is 7.62. The summed E-state index contributed by atoms with van der Waals surface area (Å²) in [7, 11) is 5.43. The van der Waals surface area contributed by atoms with Crippen molar-refractivity contribution < 1.29 is 9.47 Å². The van der Waals surface area contributed by atoms with Crippen molar-refractivity contribution in [2.24, 2.45) is 0 Å². The Labute approximate surface area is 85.8 Å². The van der Waals surface area contributed by atoms with Crippen LogP contribution in [0.1, 0.15) is 6.92 Å². The normalized spacial score (nSPS) is 14.1. The lowest BCUT2D eigenvalue weighted by atomic mass is 10.3. The lowest BCUT2D eigenvalue weighted by Crippen LogP contribution is -2.38. The summed E-state index contributed by atoms with van der Waals surface area (Å²) in [5, 5.41) is 0. The molecule has 0 aromatic heterocycles. The Morgan fingerprint density at radius 2 is 1.85 bits per heavy atom. The van der Waals surface area contributed by atoms with Gasteiger partial charge in [-0.1, -0.05) is 0 Å². The first-order valence-corrected chi connectivity index (χ1v) is 5.79. The number of rotatable bonds is 7. The average molecular weight is 207 g/mol. The molecule has 0 radical (unpaired) electrons. The van der Waals surface area contributed by atoms with Crippen LogP contribution in [0.25, 0.3) is 0 Å². The van der Waals surface area contributed by atoms with Crippen LogP contribution in [0, 0.1) is 0 Å². The van der Waals surface area contributed by atoms with Crippen LogP contribution in [0.5, 0.6) is 0 Å². The smallest absolute Gasteiger partial charge is 0.169 e. The summed E-state index contributed by atoms with van der Waals surface area (Å²) in [6, 6.07) is 0.558. The molecule has 0 aliphatic rings. The molecular weight excluding hydrogens is 186 g/mol. The summed E-state index contributed by atoms with van der Waals surface area (Å²) >= 11 is 1.86. The van der Waals surface area contributed by atoms with Gasteiger partial charge in [0.2, 0.25) is 0 Å². The van der Waals surface area contributed by atoms with Crippen molar-refractivity contribution in [2.45, 2.75) is 19.3 Å². The van der Waals surface area contributed by atoms with Crippen LogP contribution in [-0.2, 0) is 9.47 Å². The van der Waals surface area contributed by atoms with Gasteiger partial charge in [0.15, 0.2) is 6.29 Å². The molecular formula is C9H21NO2S. The fourth-order valence-corrected chi connectivity index (χ4v) is 1.77. The second-order valence-electron chi connectivity index (χ2n) is 3.14. The molecule has 1 atom stereocenters. The van der Waals surface area contributed by atoms with E-state index in [0.29, 0.717) is 6.04 Å². The molecule has 80 valence electrons. The Hall–Kier alpha value is 0.230. The molecule has 0 spiro atoms. The van der Waals surface area contributed by atoms with Crippen LogP contribution in [0.2, 0.25) is 0 Å². The minimum atomic E-state index is -0.116. The zero-order chi connectivity index (χ0) is 10.3. The van der Waals surface area contributed by atoms with E-state index in [2.05, 4.69) is 25.1 Å². The van der Waals surface area contributed by atoms with Crippen molar-refractivity contribution >= 4 is 11.8 Å². The van der Waals surface area contributed by atoms with Crippen LogP contribution < -0.4 is 0 Å². The van der Waals surface area contributed by atoms with Crippen LogP contribution in [0.15, 0.2) is 0 Å². The molecule has 13 heavy (non-hydrogen) atoms. The fourth-order valence-electron chi connectivity index (χ4n) is 1.03. The maximum atomic E-state index is 5.13. The van der Waals surface area contributed by atoms with Crippen molar-refractivity contribution in [3.05, 3.63) is 0 Å². The summed E-state index contributed by atoms with van der Waals surface area (Å²) in [6.07, 6.45) is 2.00. The minimum Gasteiger partial charge on any atom is -0.355 e. The summed E-state index contributed by atoms with van der Waals surface area (Å²) < 4.78 is 10.3. The molecule has 0 saturated carbocycles. The topological polar surface area (TPSA) is 21.7 Å². The van der Waals surface area contributed by atoms with Gasteiger partial charge in [-0.15, -0.1) is 0 Å². The first-order valence-electron chi connectivity index (χ1n) is 4.40. The Bertz CT molecular complexity index is 120. The van der Waals surface area contributed by atoms with Gasteiger partial charge >= 0.3 is 0 Å². The van der Waals surface area contributed by atoms with Gasteiger partial charge in [-0.05, 0) is 20.2 Å². The number of hydrogen-bond donors (Lipinski definition) is 0. The number of thioether (sulfide) groups is 1. The van der Waals surface area contributed by atoms with E-state index in [-0.39, 0.29) is 6.29 Å². The Morgan fingerprint density at radius 3 is 2.23 bits per heavy atom. The van der Waals surface area contributed by atoms with Gasteiger partial charge in [-0.25, -0.2) is 0 Å². The predicted molar refractivity (Wildman–Crippen MR) is 58.3 cm³/mol. The lowest BCUT2D eigenvalue weighted by molar-refractivity contribution is -0.116. The number of nitrogens with zero attached hydrogens (tertiary/aromatic N) is 1. The van der Waals surface area contributed by atoms with Gasteiger partial charge in [-0.2, -0.15) is 11.8 Å². The van der Waals surface area contributed by atoms with Crippen LogP contribution in [-0.4, -0.2) is 57.1 Å². The highest BCUT2D eigenvalue weighted by atomic mass is 32.2. The van der Waals surface area contributed by atoms with Crippen LogP contribution in [0.4, 0.5) is 0 Å². The lowest BCUT2D eigenvalue weighted by Gasteiger charge is -2.27. The summed E-state index contributed by atoms with van der Waals surface area (Å²) in [5.41, 5.74) is 0. The molecule has 1 unspecified atom stereocenters. The molecule has 0 bridgehead atoms. The largest absolute Gasteiger partial charge is 0.355 e. The van der Waals surface area contributed by atoms with E-state index in [1.807, 2.05) is 11.8 Å². The third kappa shape index (κ3) is 5.52. The molecule has 0 heterocycles. The van der Waals surface area contributed by atoms with E-state index < -0.39 is 0 Å². The molecule has 0 amide bonds. The Kier molecular flexibility index (Phi) is 7.75. The summed E-state index contributed by atoms with van der Waals surface area (Å²) in [4.78, 5) is 2.24. The molecule has 0 aliphatic heterocycles. The fraction of sp³-hybridized carbons (Fsp3) is 1.00. The van der Waals surface area contributed by atoms with Crippen molar-refractivity contribution in [2.75, 3.05) is 39.8 Å². The van der Waals surface area contributed by atoms with Gasteiger partial charge in [-0.3, -0.25) is 4.90 Å². The van der Waals surface area contributed by atoms with Crippen LogP contribution >= 0.6 is 11.8 Å². The molecule has 4 heteroatoms. The minimum absolute atomic E-state index is 0.116. The van der Waals surface area contributed by atoms with Crippen molar-refractivity contribution in [1.82, 2.24) is 4.90 Å². The van der Waals surface area contributed by atoms with Gasteiger partial charge < -0.3 is 9.47 Å². The van der Waals surface area contributed by atoms with E-state index in [1.54, 1.807) is 14.2 Å². The highest BCUT2D eigenvalue weighted by Gasteiger charge is 2.13. The Balaban J connectivity index is 3.75. The number of ether oxygens (including phenoxy) is 2. The monoisotopic (exact) mass is 207 g/mol. The van der Waals surface area contributed by atoms with E-state index in [1.165, 1.54) is 0 Å². The molecule has 3 nitrogen and oxygen atoms in total. The van der Waals surface area contributed by atoms with Crippen molar-refractivity contribution in [1.29, 1.82) is 0 Å². The van der Waals surface area contributed by atoms with E-state index in [4.69, 9.17) is 9.47 Å². The summed E-state index contributed by atoms with van der Waals surface area (Å²) in [5.74, 6) is 1.14. The molecule has 0 aliphatic carbocycles. The zero-order valence-corrected chi connectivity index (χ0v) is 10.1. The molecule has 0 saturated heterocycles. The second-order valence-corrected chi connectivity index (χ2v) is 4.06. The van der Waals surface area contributed by atoms with Gasteiger partial charge in [0.25, 0.3) is 0 Å². The number of likely N-dealkylation sites (N-methyl/N-ethyl adjacent to an activating group) is 1. The van der Waals surface area contributed by atoms with Gasteiger partial charge in [0.1, 0.15) is 0 Å². The summed E-state index contributed by atoms with van der Waals surface area (Å²) in [6.45, 7) is 3.02. The first kappa shape index (κ1) is 13.2. The third-order valence-corrected chi connectivity index (χ3v) is 2.94. The number of methoxy groups -OCH3 is 2. The quantitative estimate of drug-likeness (QED) is 0.586. The average Bonchev–Trinajstić information content (AvgIpc) is 2.14. The highest BCUT2D eigenvalue weighted by Crippen LogP contribution is 2.05. The van der Waals surface area contributed by atoms with Gasteiger partial charge in [0, 0.05) is 32.6 Å². The predicted octanol–water partition coefficient (Wildman–Crippen LogP) is 1.29. The van der Waals surface area contributed by atoms with E-state index in [9.17, 15) is 0 Å². The standard InChI is InChI=1S/C9H21NO2S/c1-8(7-13-5)10(2)6-9(11-3)12-4/h8-9H,6-7H2,1-5H3. The Morgan fingerprint density at radius 1 is 1.31 bits per heavy atom. The van der Waals surface area contributed by atoms with Crippen molar-refractivity contribution in [3.8, 4) is 0 Å². The third-order valence-electron chi connectivity index (χ3n) is 2.12. The molecule has 0 aromatic carbocycles. The molecule has 0 fully saturated rings. The van der Waals surface area contributed by atoms with Gasteiger partial charge in [0.05, 0.1) is 0 Å². The molecule has 0 aromatic rings. The maximum Gasteiger partial charge on any atom is 0.169 e. The molecule has 0 rings (SSSR count). The first-order chi connectivity index (χ1) is 6.15. The van der Waals surface area contributed by atoms with Crippen LogP contribution in [0.3, 0.4) is 0 Å². The highest BCUT2D eigenvalue weighted by molar-refractivity contribution is 7.98. The van der Waals surface area contributed by atoms with E-state index >= 15 is 0 Å². The number of hydrogen-bond acceptors (Lipinski definition) is 4. The maximum absolute atomic E-state index is 5.13.